The predicted octanol–water partition coefficient (Wildman–Crippen LogP) is 1.15. The van der Waals surface area contributed by atoms with Gasteiger partial charge in [-0.05, 0) is 38.4 Å². The molecular weight excluding hydrogens is 248 g/mol. The van der Waals surface area contributed by atoms with E-state index in [9.17, 15) is 9.59 Å². The molecule has 0 radical (unpaired) electrons. The molecule has 2 unspecified atom stereocenters. The summed E-state index contributed by atoms with van der Waals surface area (Å²) in [5, 5.41) is 3.32. The first-order chi connectivity index (χ1) is 8.59. The van der Waals surface area contributed by atoms with Gasteiger partial charge < -0.3 is 5.32 Å². The molecule has 0 bridgehead atoms. The van der Waals surface area contributed by atoms with E-state index in [1.54, 1.807) is 0 Å². The lowest BCUT2D eigenvalue weighted by Gasteiger charge is -2.24. The van der Waals surface area contributed by atoms with Gasteiger partial charge in [0.1, 0.15) is 0 Å². The Hall–Kier alpha value is -0.550. The Morgan fingerprint density at radius 3 is 2.83 bits per heavy atom. The van der Waals surface area contributed by atoms with Gasteiger partial charge in [-0.15, -0.1) is 0 Å². The largest absolute Gasteiger partial charge is 0.304 e. The standard InChI is InChI=1S/C13H20N2O2S/c1-13(5-2-6-18-13)8-14-10-7-11(16)15(12(10)17)9-3-4-9/h9-10,14H,2-8H2,1H3. The van der Waals surface area contributed by atoms with Crippen molar-refractivity contribution in [3.05, 3.63) is 0 Å². The van der Waals surface area contributed by atoms with Crippen LogP contribution >= 0.6 is 11.8 Å². The molecule has 1 N–H and O–H groups in total. The molecule has 3 rings (SSSR count). The third-order valence-electron chi connectivity index (χ3n) is 4.12. The molecule has 0 aromatic heterocycles. The van der Waals surface area contributed by atoms with Crippen molar-refractivity contribution in [2.24, 2.45) is 0 Å². The van der Waals surface area contributed by atoms with E-state index in [4.69, 9.17) is 0 Å². The normalized spacial score (nSPS) is 36.7. The Balaban J connectivity index is 1.57. The zero-order valence-electron chi connectivity index (χ0n) is 10.8. The highest BCUT2D eigenvalue weighted by Gasteiger charge is 2.46. The van der Waals surface area contributed by atoms with Crippen LogP contribution in [-0.4, -0.2) is 45.8 Å². The number of carbonyl (C=O) groups excluding carboxylic acids is 2. The van der Waals surface area contributed by atoms with E-state index in [1.165, 1.54) is 23.5 Å². The highest BCUT2D eigenvalue weighted by molar-refractivity contribution is 8.00. The van der Waals surface area contributed by atoms with E-state index < -0.39 is 0 Å². The fraction of sp³-hybridized carbons (Fsp3) is 0.846. The summed E-state index contributed by atoms with van der Waals surface area (Å²) >= 11 is 1.98. The highest BCUT2D eigenvalue weighted by atomic mass is 32.2. The molecule has 3 aliphatic rings. The molecule has 1 aliphatic carbocycles. The number of nitrogens with zero attached hydrogens (tertiary/aromatic N) is 1. The second-order valence-electron chi connectivity index (χ2n) is 5.87. The van der Waals surface area contributed by atoms with Gasteiger partial charge in [-0.1, -0.05) is 0 Å². The minimum Gasteiger partial charge on any atom is -0.304 e. The summed E-state index contributed by atoms with van der Waals surface area (Å²) in [7, 11) is 0. The maximum atomic E-state index is 12.1. The molecule has 0 aromatic rings. The van der Waals surface area contributed by atoms with Gasteiger partial charge in [-0.25, -0.2) is 0 Å². The first-order valence-corrected chi connectivity index (χ1v) is 7.81. The molecule has 18 heavy (non-hydrogen) atoms. The van der Waals surface area contributed by atoms with Gasteiger partial charge in [0.05, 0.1) is 12.5 Å². The number of amides is 2. The van der Waals surface area contributed by atoms with Gasteiger partial charge in [-0.2, -0.15) is 11.8 Å². The number of thioether (sulfide) groups is 1. The van der Waals surface area contributed by atoms with Gasteiger partial charge in [0.25, 0.3) is 0 Å². The molecule has 2 aliphatic heterocycles. The second-order valence-corrected chi connectivity index (χ2v) is 7.56. The number of carbonyl (C=O) groups is 2. The van der Waals surface area contributed by atoms with E-state index in [2.05, 4.69) is 12.2 Å². The molecule has 0 spiro atoms. The lowest BCUT2D eigenvalue weighted by molar-refractivity contribution is -0.139. The Kier molecular flexibility index (Phi) is 3.14. The number of hydrogen-bond acceptors (Lipinski definition) is 4. The van der Waals surface area contributed by atoms with E-state index in [0.29, 0.717) is 6.42 Å². The minimum absolute atomic E-state index is 0.00842. The minimum atomic E-state index is -0.267. The molecule has 1 saturated carbocycles. The van der Waals surface area contributed by atoms with Crippen molar-refractivity contribution < 1.29 is 9.59 Å². The first-order valence-electron chi connectivity index (χ1n) is 6.82. The lowest BCUT2D eigenvalue weighted by atomic mass is 10.1. The summed E-state index contributed by atoms with van der Waals surface area (Å²) in [6, 6.07) is -0.0515. The quantitative estimate of drug-likeness (QED) is 0.777. The number of nitrogens with one attached hydrogen (secondary N) is 1. The van der Waals surface area contributed by atoms with Crippen LogP contribution in [0.3, 0.4) is 0 Å². The molecular formula is C13H20N2O2S. The highest BCUT2D eigenvalue weighted by Crippen LogP contribution is 2.37. The van der Waals surface area contributed by atoms with Crippen LogP contribution < -0.4 is 5.32 Å². The average Bonchev–Trinajstić information content (AvgIpc) is 3.00. The Morgan fingerprint density at radius 2 is 2.22 bits per heavy atom. The number of likely N-dealkylation sites (tertiary alicyclic amines) is 1. The van der Waals surface area contributed by atoms with Gasteiger partial charge in [0.2, 0.25) is 11.8 Å². The summed E-state index contributed by atoms with van der Waals surface area (Å²) in [6.45, 7) is 3.08. The molecule has 2 heterocycles. The van der Waals surface area contributed by atoms with Crippen LogP contribution in [0.5, 0.6) is 0 Å². The fourth-order valence-electron chi connectivity index (χ4n) is 2.84. The van der Waals surface area contributed by atoms with E-state index in [-0.39, 0.29) is 28.6 Å². The molecule has 2 amide bonds. The summed E-state index contributed by atoms with van der Waals surface area (Å²) in [5.41, 5.74) is 0. The zero-order valence-corrected chi connectivity index (χ0v) is 11.6. The monoisotopic (exact) mass is 268 g/mol. The van der Waals surface area contributed by atoms with E-state index in [1.807, 2.05) is 11.8 Å². The van der Waals surface area contributed by atoms with E-state index >= 15 is 0 Å². The van der Waals surface area contributed by atoms with Crippen molar-refractivity contribution in [3.8, 4) is 0 Å². The number of hydrogen-bond donors (Lipinski definition) is 1. The van der Waals surface area contributed by atoms with Gasteiger partial charge in [-0.3, -0.25) is 14.5 Å². The molecule has 3 fully saturated rings. The molecule has 0 aromatic carbocycles. The fourth-order valence-corrected chi connectivity index (χ4v) is 4.10. The Morgan fingerprint density at radius 1 is 1.44 bits per heavy atom. The van der Waals surface area contributed by atoms with Crippen molar-refractivity contribution >= 4 is 23.6 Å². The topological polar surface area (TPSA) is 49.4 Å². The SMILES string of the molecule is CC1(CNC2CC(=O)N(C3CC3)C2=O)CCCS1. The zero-order chi connectivity index (χ0) is 12.8. The van der Waals surface area contributed by atoms with Crippen LogP contribution in [0, 0.1) is 0 Å². The summed E-state index contributed by atoms with van der Waals surface area (Å²) in [6.07, 6.45) is 4.81. The van der Waals surface area contributed by atoms with Gasteiger partial charge in [0.15, 0.2) is 0 Å². The summed E-state index contributed by atoms with van der Waals surface area (Å²) in [4.78, 5) is 25.5. The number of rotatable bonds is 4. The predicted molar refractivity (Wildman–Crippen MR) is 71.4 cm³/mol. The van der Waals surface area contributed by atoms with Crippen LogP contribution in [0.15, 0.2) is 0 Å². The van der Waals surface area contributed by atoms with Crippen molar-refractivity contribution in [2.45, 2.75) is 55.9 Å². The van der Waals surface area contributed by atoms with Crippen molar-refractivity contribution in [3.63, 3.8) is 0 Å². The molecule has 2 saturated heterocycles. The van der Waals surface area contributed by atoms with Crippen LogP contribution in [-0.2, 0) is 9.59 Å². The third kappa shape index (κ3) is 2.30. The summed E-state index contributed by atoms with van der Waals surface area (Å²) < 4.78 is 0.246. The van der Waals surface area contributed by atoms with Gasteiger partial charge in [0, 0.05) is 17.3 Å². The molecule has 5 heteroatoms. The Labute approximate surface area is 112 Å². The average molecular weight is 268 g/mol. The lowest BCUT2D eigenvalue weighted by Crippen LogP contribution is -2.44. The van der Waals surface area contributed by atoms with Crippen LogP contribution in [0.4, 0.5) is 0 Å². The molecule has 100 valence electrons. The maximum absolute atomic E-state index is 12.1. The first kappa shape index (κ1) is 12.5. The van der Waals surface area contributed by atoms with E-state index in [0.717, 1.165) is 19.4 Å². The number of imide groups is 1. The third-order valence-corrected chi connectivity index (χ3v) is 5.66. The van der Waals surface area contributed by atoms with Crippen molar-refractivity contribution in [2.75, 3.05) is 12.3 Å². The van der Waals surface area contributed by atoms with Crippen LogP contribution in [0.2, 0.25) is 0 Å². The Bertz CT molecular complexity index is 375. The van der Waals surface area contributed by atoms with Crippen LogP contribution in [0.1, 0.15) is 39.0 Å². The van der Waals surface area contributed by atoms with Gasteiger partial charge >= 0.3 is 0 Å². The maximum Gasteiger partial charge on any atom is 0.247 e. The molecule has 2 atom stereocenters. The smallest absolute Gasteiger partial charge is 0.247 e. The second kappa shape index (κ2) is 4.53. The van der Waals surface area contributed by atoms with Crippen LogP contribution in [0.25, 0.3) is 0 Å². The molecule has 4 nitrogen and oxygen atoms in total. The van der Waals surface area contributed by atoms with Crippen molar-refractivity contribution in [1.82, 2.24) is 10.2 Å². The summed E-state index contributed by atoms with van der Waals surface area (Å²) in [5.74, 6) is 1.24. The van der Waals surface area contributed by atoms with Crippen molar-refractivity contribution in [1.29, 1.82) is 0 Å².